The van der Waals surface area contributed by atoms with E-state index in [1.807, 2.05) is 12.2 Å². The van der Waals surface area contributed by atoms with Crippen LogP contribution in [0.4, 0.5) is 0 Å². The predicted molar refractivity (Wildman–Crippen MR) is 42.1 cm³/mol. The summed E-state index contributed by atoms with van der Waals surface area (Å²) < 4.78 is 0. The molecule has 0 aromatic carbocycles. The first kappa shape index (κ1) is 8.21. The number of rotatable bonds is 1. The number of amides is 1. The van der Waals surface area contributed by atoms with Crippen LogP contribution in [0.5, 0.6) is 0 Å². The Bertz CT molecular complexity index is 340. The molecule has 0 spiro atoms. The van der Waals surface area contributed by atoms with Crippen molar-refractivity contribution in [2.45, 2.75) is 6.92 Å². The highest BCUT2D eigenvalue weighted by molar-refractivity contribution is 5.94. The second-order valence-corrected chi connectivity index (χ2v) is 2.32. The van der Waals surface area contributed by atoms with Crippen LogP contribution in [0.15, 0.2) is 18.5 Å². The van der Waals surface area contributed by atoms with Crippen LogP contribution in [-0.4, -0.2) is 10.9 Å². The van der Waals surface area contributed by atoms with E-state index >= 15 is 0 Å². The number of pyridine rings is 1. The first-order chi connectivity index (χ1) is 5.74. The van der Waals surface area contributed by atoms with Gasteiger partial charge in [0.05, 0.1) is 5.56 Å². The molecule has 0 aliphatic heterocycles. The first-order valence-corrected chi connectivity index (χ1v) is 3.35. The molecule has 4 heteroatoms. The molecule has 0 saturated heterocycles. The number of hydrogen-bond acceptors (Lipinski definition) is 3. The average molecular weight is 161 g/mol. The molecule has 0 aliphatic carbocycles. The maximum absolute atomic E-state index is 11.0. The smallest absolute Gasteiger partial charge is 0.265 e. The lowest BCUT2D eigenvalue weighted by Gasteiger charge is -1.96. The Kier molecular flexibility index (Phi) is 2.38. The minimum Gasteiger partial charge on any atom is -0.268 e. The van der Waals surface area contributed by atoms with Crippen molar-refractivity contribution in [1.82, 2.24) is 10.3 Å². The lowest BCUT2D eigenvalue weighted by Crippen LogP contribution is -2.17. The minimum atomic E-state index is -0.423. The molecule has 0 radical (unpaired) electrons. The van der Waals surface area contributed by atoms with Gasteiger partial charge in [0.1, 0.15) is 0 Å². The van der Waals surface area contributed by atoms with Gasteiger partial charge in [0.15, 0.2) is 6.19 Å². The molecule has 0 saturated carbocycles. The quantitative estimate of drug-likeness (QED) is 0.484. The maximum atomic E-state index is 11.0. The highest BCUT2D eigenvalue weighted by atomic mass is 16.1. The number of aromatic nitrogens is 1. The van der Waals surface area contributed by atoms with Gasteiger partial charge in [0, 0.05) is 12.4 Å². The summed E-state index contributed by atoms with van der Waals surface area (Å²) in [6.45, 7) is 1.83. The third-order valence-electron chi connectivity index (χ3n) is 1.31. The second-order valence-electron chi connectivity index (χ2n) is 2.32. The fraction of sp³-hybridized carbons (Fsp3) is 0.125. The molecule has 1 N–H and O–H groups in total. The number of nitriles is 1. The van der Waals surface area contributed by atoms with E-state index in [-0.39, 0.29) is 0 Å². The van der Waals surface area contributed by atoms with Gasteiger partial charge in [-0.15, -0.1) is 0 Å². The topological polar surface area (TPSA) is 65.8 Å². The van der Waals surface area contributed by atoms with E-state index in [9.17, 15) is 4.79 Å². The standard InChI is InChI=1S/C8H7N3O/c1-6-2-7(4-10-3-6)8(12)11-5-9/h2-4H,1H3,(H,11,12). The summed E-state index contributed by atoms with van der Waals surface area (Å²) in [5.41, 5.74) is 1.29. The average Bonchev–Trinajstić information content (AvgIpc) is 2.05. The van der Waals surface area contributed by atoms with Crippen LogP contribution in [0.1, 0.15) is 15.9 Å². The van der Waals surface area contributed by atoms with Crippen LogP contribution in [0.3, 0.4) is 0 Å². The van der Waals surface area contributed by atoms with Crippen LogP contribution < -0.4 is 5.32 Å². The Labute approximate surface area is 69.8 Å². The van der Waals surface area contributed by atoms with Crippen molar-refractivity contribution in [2.24, 2.45) is 0 Å². The third-order valence-corrected chi connectivity index (χ3v) is 1.31. The number of aryl methyl sites for hydroxylation is 1. The molecule has 12 heavy (non-hydrogen) atoms. The van der Waals surface area contributed by atoms with Crippen LogP contribution in [-0.2, 0) is 0 Å². The maximum Gasteiger partial charge on any atom is 0.265 e. The number of carbonyl (C=O) groups excluding carboxylic acids is 1. The van der Waals surface area contributed by atoms with E-state index in [0.29, 0.717) is 5.56 Å². The number of nitrogens with zero attached hydrogens (tertiary/aromatic N) is 2. The summed E-state index contributed by atoms with van der Waals surface area (Å²) in [4.78, 5) is 14.8. The Morgan fingerprint density at radius 3 is 3.00 bits per heavy atom. The molecule has 1 amide bonds. The summed E-state index contributed by atoms with van der Waals surface area (Å²) in [5, 5.41) is 10.2. The van der Waals surface area contributed by atoms with Gasteiger partial charge in [-0.25, -0.2) is 0 Å². The van der Waals surface area contributed by atoms with Crippen molar-refractivity contribution < 1.29 is 4.79 Å². The molecule has 1 rings (SSSR count). The molecule has 1 heterocycles. The van der Waals surface area contributed by atoms with Crippen molar-refractivity contribution in [3.05, 3.63) is 29.6 Å². The van der Waals surface area contributed by atoms with Crippen molar-refractivity contribution in [1.29, 1.82) is 5.26 Å². The van der Waals surface area contributed by atoms with E-state index < -0.39 is 5.91 Å². The third kappa shape index (κ3) is 1.80. The molecular formula is C8H7N3O. The number of carbonyl (C=O) groups is 1. The van der Waals surface area contributed by atoms with Crippen molar-refractivity contribution in [3.63, 3.8) is 0 Å². The molecule has 0 bridgehead atoms. The number of nitrogens with one attached hydrogen (secondary N) is 1. The Morgan fingerprint density at radius 1 is 1.67 bits per heavy atom. The van der Waals surface area contributed by atoms with Gasteiger partial charge in [-0.05, 0) is 18.6 Å². The van der Waals surface area contributed by atoms with Crippen molar-refractivity contribution in [2.75, 3.05) is 0 Å². The minimum absolute atomic E-state index is 0.400. The van der Waals surface area contributed by atoms with Gasteiger partial charge >= 0.3 is 0 Å². The zero-order valence-electron chi connectivity index (χ0n) is 6.53. The Morgan fingerprint density at radius 2 is 2.42 bits per heavy atom. The highest BCUT2D eigenvalue weighted by Crippen LogP contribution is 1.99. The van der Waals surface area contributed by atoms with Crippen molar-refractivity contribution >= 4 is 5.91 Å². The first-order valence-electron chi connectivity index (χ1n) is 3.35. The molecule has 0 fully saturated rings. The van der Waals surface area contributed by atoms with Crippen LogP contribution in [0.25, 0.3) is 0 Å². The van der Waals surface area contributed by atoms with Gasteiger partial charge in [-0.2, -0.15) is 5.26 Å². The van der Waals surface area contributed by atoms with E-state index in [4.69, 9.17) is 5.26 Å². The summed E-state index contributed by atoms with van der Waals surface area (Å²) >= 11 is 0. The lowest BCUT2D eigenvalue weighted by atomic mass is 10.2. The van der Waals surface area contributed by atoms with Crippen LogP contribution in [0.2, 0.25) is 0 Å². The fourth-order valence-electron chi connectivity index (χ4n) is 0.802. The molecular weight excluding hydrogens is 154 g/mol. The summed E-state index contributed by atoms with van der Waals surface area (Å²) in [6.07, 6.45) is 4.62. The molecule has 1 aromatic heterocycles. The van der Waals surface area contributed by atoms with Gasteiger partial charge in [0.2, 0.25) is 0 Å². The molecule has 4 nitrogen and oxygen atoms in total. The van der Waals surface area contributed by atoms with Gasteiger partial charge in [-0.1, -0.05) is 0 Å². The molecule has 60 valence electrons. The molecule has 0 atom stereocenters. The van der Waals surface area contributed by atoms with Gasteiger partial charge < -0.3 is 0 Å². The summed E-state index contributed by atoms with van der Waals surface area (Å²) in [7, 11) is 0. The molecule has 0 unspecified atom stereocenters. The van der Waals surface area contributed by atoms with Crippen LogP contribution in [0, 0.1) is 18.4 Å². The highest BCUT2D eigenvalue weighted by Gasteiger charge is 2.03. The summed E-state index contributed by atoms with van der Waals surface area (Å²) in [5.74, 6) is -0.423. The SMILES string of the molecule is Cc1cncc(C(=O)NC#N)c1. The van der Waals surface area contributed by atoms with E-state index in [1.54, 1.807) is 18.5 Å². The van der Waals surface area contributed by atoms with Gasteiger partial charge in [-0.3, -0.25) is 15.1 Å². The Balaban J connectivity index is 2.90. The van der Waals surface area contributed by atoms with E-state index in [0.717, 1.165) is 5.56 Å². The monoisotopic (exact) mass is 161 g/mol. The Hall–Kier alpha value is -1.89. The molecule has 0 aliphatic rings. The zero-order valence-corrected chi connectivity index (χ0v) is 6.53. The number of hydrogen-bond donors (Lipinski definition) is 1. The predicted octanol–water partition coefficient (Wildman–Crippen LogP) is 0.601. The van der Waals surface area contributed by atoms with E-state index in [2.05, 4.69) is 4.98 Å². The van der Waals surface area contributed by atoms with Gasteiger partial charge in [0.25, 0.3) is 5.91 Å². The van der Waals surface area contributed by atoms with Crippen molar-refractivity contribution in [3.8, 4) is 6.19 Å². The largest absolute Gasteiger partial charge is 0.268 e. The van der Waals surface area contributed by atoms with Crippen LogP contribution >= 0.6 is 0 Å². The summed E-state index contributed by atoms with van der Waals surface area (Å²) in [6, 6.07) is 1.67. The normalized spacial score (nSPS) is 8.67. The fourth-order valence-corrected chi connectivity index (χ4v) is 0.802. The zero-order chi connectivity index (χ0) is 8.97. The lowest BCUT2D eigenvalue weighted by molar-refractivity contribution is 0.0972. The molecule has 1 aromatic rings. The second kappa shape index (κ2) is 3.49. The van der Waals surface area contributed by atoms with E-state index in [1.165, 1.54) is 6.20 Å².